The Kier molecular flexibility index (Phi) is 8.47. The third-order valence-electron chi connectivity index (χ3n) is 4.93. The summed E-state index contributed by atoms with van der Waals surface area (Å²) in [7, 11) is 0. The van der Waals surface area contributed by atoms with E-state index in [1.165, 1.54) is 24.3 Å². The summed E-state index contributed by atoms with van der Waals surface area (Å²) >= 11 is 0. The molecular formula is C30H24F2O4. The molecule has 3 aromatic rings. The van der Waals surface area contributed by atoms with E-state index in [2.05, 4.69) is 13.2 Å². The number of rotatable bonds is 8. The quantitative estimate of drug-likeness (QED) is 0.145. The number of hydrogen-bond donors (Lipinski definition) is 0. The molecule has 0 bridgehead atoms. The second kappa shape index (κ2) is 11.7. The lowest BCUT2D eigenvalue weighted by Crippen LogP contribution is -2.07. The molecule has 3 aromatic carbocycles. The highest BCUT2D eigenvalue weighted by Crippen LogP contribution is 2.22. The van der Waals surface area contributed by atoms with Crippen LogP contribution in [0.1, 0.15) is 36.1 Å². The van der Waals surface area contributed by atoms with E-state index in [9.17, 15) is 18.4 Å². The van der Waals surface area contributed by atoms with E-state index in [1.54, 1.807) is 74.5 Å². The number of carbonyl (C=O) groups excluding carboxylic acids is 2. The highest BCUT2D eigenvalue weighted by molar-refractivity contribution is 5.89. The maximum absolute atomic E-state index is 14.6. The van der Waals surface area contributed by atoms with Gasteiger partial charge in [0.15, 0.2) is 11.6 Å². The molecule has 0 aliphatic heterocycles. The third-order valence-corrected chi connectivity index (χ3v) is 4.93. The molecule has 0 saturated carbocycles. The van der Waals surface area contributed by atoms with Crippen LogP contribution in [0.4, 0.5) is 8.78 Å². The molecule has 0 saturated heterocycles. The number of ether oxygens (including phenoxy) is 2. The first-order chi connectivity index (χ1) is 17.1. The van der Waals surface area contributed by atoms with Crippen LogP contribution in [0, 0.1) is 11.6 Å². The average Bonchev–Trinajstić information content (AvgIpc) is 2.86. The first-order valence-corrected chi connectivity index (χ1v) is 10.9. The van der Waals surface area contributed by atoms with E-state index in [0.29, 0.717) is 22.6 Å². The SMILES string of the molecule is C=C(C)C(=O)Oc1ccc(/C=C/c2ccc(/C=C/c3ccc(OC(=O)C(=C)C)cc3)c(F)c2F)cc1. The molecule has 0 aromatic heterocycles. The minimum atomic E-state index is -0.970. The smallest absolute Gasteiger partial charge is 0.338 e. The van der Waals surface area contributed by atoms with Crippen molar-refractivity contribution in [1.82, 2.24) is 0 Å². The average molecular weight is 487 g/mol. The normalized spacial score (nSPS) is 11.0. The lowest BCUT2D eigenvalue weighted by Gasteiger charge is -2.05. The first kappa shape index (κ1) is 26.0. The number of esters is 2. The zero-order valence-corrected chi connectivity index (χ0v) is 19.9. The molecule has 0 heterocycles. The van der Waals surface area contributed by atoms with Crippen LogP contribution in [0.5, 0.6) is 11.5 Å². The molecule has 0 unspecified atom stereocenters. The summed E-state index contributed by atoms with van der Waals surface area (Å²) < 4.78 is 39.5. The molecular weight excluding hydrogens is 462 g/mol. The largest absolute Gasteiger partial charge is 0.423 e. The van der Waals surface area contributed by atoms with Crippen molar-refractivity contribution in [2.75, 3.05) is 0 Å². The van der Waals surface area contributed by atoms with Gasteiger partial charge in [0.25, 0.3) is 0 Å². The summed E-state index contributed by atoms with van der Waals surface area (Å²) in [6.07, 6.45) is 6.18. The first-order valence-electron chi connectivity index (χ1n) is 10.9. The van der Waals surface area contributed by atoms with Gasteiger partial charge in [-0.05, 0) is 49.2 Å². The second-order valence-corrected chi connectivity index (χ2v) is 8.02. The predicted molar refractivity (Wildman–Crippen MR) is 138 cm³/mol. The molecule has 0 N–H and O–H groups in total. The second-order valence-electron chi connectivity index (χ2n) is 8.02. The van der Waals surface area contributed by atoms with Gasteiger partial charge in [-0.1, -0.05) is 73.9 Å². The standard InChI is InChI=1S/C30H24F2O4/c1-19(2)29(33)35-25-15-7-21(8-16-25)5-11-23-13-14-24(28(32)27(23)31)12-6-22-9-17-26(18-10-22)36-30(34)20(3)4/h5-18H,1,3H2,2,4H3/b11-5+,12-6+. The highest BCUT2D eigenvalue weighted by atomic mass is 19.2. The Labute approximate surface area is 208 Å². The van der Waals surface area contributed by atoms with E-state index >= 15 is 0 Å². The Morgan fingerprint density at radius 2 is 0.944 bits per heavy atom. The van der Waals surface area contributed by atoms with E-state index in [0.717, 1.165) is 0 Å². The van der Waals surface area contributed by atoms with Gasteiger partial charge < -0.3 is 9.47 Å². The maximum atomic E-state index is 14.6. The van der Waals surface area contributed by atoms with E-state index < -0.39 is 23.6 Å². The fourth-order valence-corrected chi connectivity index (χ4v) is 2.89. The van der Waals surface area contributed by atoms with Gasteiger partial charge in [0, 0.05) is 22.3 Å². The van der Waals surface area contributed by atoms with Gasteiger partial charge in [-0.25, -0.2) is 18.4 Å². The summed E-state index contributed by atoms with van der Waals surface area (Å²) in [5.41, 5.74) is 2.18. The van der Waals surface area contributed by atoms with Crippen molar-refractivity contribution >= 4 is 36.2 Å². The third kappa shape index (κ3) is 6.96. The summed E-state index contributed by atoms with van der Waals surface area (Å²) in [5, 5.41) is 0. The van der Waals surface area contributed by atoms with Crippen LogP contribution >= 0.6 is 0 Å². The van der Waals surface area contributed by atoms with Crippen molar-refractivity contribution in [2.45, 2.75) is 13.8 Å². The Morgan fingerprint density at radius 3 is 1.25 bits per heavy atom. The maximum Gasteiger partial charge on any atom is 0.338 e. The molecule has 36 heavy (non-hydrogen) atoms. The minimum Gasteiger partial charge on any atom is -0.423 e. The number of carbonyl (C=O) groups is 2. The molecule has 6 heteroatoms. The van der Waals surface area contributed by atoms with Crippen molar-refractivity contribution in [2.24, 2.45) is 0 Å². The summed E-state index contributed by atoms with van der Waals surface area (Å²) in [6, 6.07) is 16.1. The fourth-order valence-electron chi connectivity index (χ4n) is 2.89. The molecule has 0 atom stereocenters. The molecule has 182 valence electrons. The summed E-state index contributed by atoms with van der Waals surface area (Å²) in [4.78, 5) is 23.1. The zero-order chi connectivity index (χ0) is 26.2. The van der Waals surface area contributed by atoms with Crippen molar-refractivity contribution < 1.29 is 27.8 Å². The predicted octanol–water partition coefficient (Wildman–Crippen LogP) is 7.27. The lowest BCUT2D eigenvalue weighted by molar-refractivity contribution is -0.130. The Bertz CT molecular complexity index is 1260. The van der Waals surface area contributed by atoms with Gasteiger partial charge in [0.05, 0.1) is 0 Å². The van der Waals surface area contributed by atoms with Gasteiger partial charge in [-0.2, -0.15) is 0 Å². The van der Waals surface area contributed by atoms with Crippen molar-refractivity contribution in [3.8, 4) is 11.5 Å². The molecule has 0 aliphatic carbocycles. The summed E-state index contributed by atoms with van der Waals surface area (Å²) in [6.45, 7) is 10.2. The topological polar surface area (TPSA) is 52.6 Å². The number of benzene rings is 3. The highest BCUT2D eigenvalue weighted by Gasteiger charge is 2.10. The van der Waals surface area contributed by atoms with Gasteiger partial charge in [-0.15, -0.1) is 0 Å². The van der Waals surface area contributed by atoms with Crippen molar-refractivity contribution in [3.63, 3.8) is 0 Å². The molecule has 0 spiro atoms. The minimum absolute atomic E-state index is 0.0890. The van der Waals surface area contributed by atoms with Crippen LogP contribution in [0.25, 0.3) is 24.3 Å². The lowest BCUT2D eigenvalue weighted by atomic mass is 10.1. The number of hydrogen-bond acceptors (Lipinski definition) is 4. The van der Waals surface area contributed by atoms with Crippen LogP contribution in [0.2, 0.25) is 0 Å². The van der Waals surface area contributed by atoms with Gasteiger partial charge in [-0.3, -0.25) is 0 Å². The van der Waals surface area contributed by atoms with Crippen LogP contribution in [-0.4, -0.2) is 11.9 Å². The molecule has 0 radical (unpaired) electrons. The monoisotopic (exact) mass is 486 g/mol. The van der Waals surface area contributed by atoms with Crippen molar-refractivity contribution in [1.29, 1.82) is 0 Å². The van der Waals surface area contributed by atoms with Gasteiger partial charge >= 0.3 is 11.9 Å². The Hall–Kier alpha value is -4.58. The van der Waals surface area contributed by atoms with Gasteiger partial charge in [0.2, 0.25) is 0 Å². The van der Waals surface area contributed by atoms with Gasteiger partial charge in [0.1, 0.15) is 11.5 Å². The van der Waals surface area contributed by atoms with E-state index in [1.807, 2.05) is 0 Å². The molecule has 4 nitrogen and oxygen atoms in total. The number of halogens is 2. The van der Waals surface area contributed by atoms with Crippen LogP contribution in [0.15, 0.2) is 85.0 Å². The molecule has 3 rings (SSSR count). The van der Waals surface area contributed by atoms with E-state index in [-0.39, 0.29) is 22.3 Å². The molecule has 0 fully saturated rings. The fraction of sp³-hybridized carbons (Fsp3) is 0.0667. The zero-order valence-electron chi connectivity index (χ0n) is 19.9. The van der Waals surface area contributed by atoms with Crippen LogP contribution in [0.3, 0.4) is 0 Å². The van der Waals surface area contributed by atoms with Crippen LogP contribution < -0.4 is 9.47 Å². The van der Waals surface area contributed by atoms with Crippen molar-refractivity contribution in [3.05, 3.63) is 119 Å². The summed E-state index contributed by atoms with van der Waals surface area (Å²) in [5.74, 6) is -2.27. The molecule has 0 amide bonds. The Balaban J connectivity index is 1.68. The Morgan fingerprint density at radius 1 is 0.611 bits per heavy atom. The van der Waals surface area contributed by atoms with E-state index in [4.69, 9.17) is 9.47 Å². The van der Waals surface area contributed by atoms with Crippen LogP contribution in [-0.2, 0) is 9.59 Å². The molecule has 0 aliphatic rings.